The van der Waals surface area contributed by atoms with Gasteiger partial charge in [-0.3, -0.25) is 0 Å². The maximum Gasteiger partial charge on any atom is 0.261 e. The Morgan fingerprint density at radius 3 is 2.65 bits per heavy atom. The van der Waals surface area contributed by atoms with Crippen molar-refractivity contribution in [2.45, 2.75) is 43.1 Å². The SMILES string of the molecule is c1ccc(C2C[C@@H]2NCC2(c3noc(-c4cncnc4)n3)CCC2)cc1. The van der Waals surface area contributed by atoms with Crippen LogP contribution >= 0.6 is 0 Å². The van der Waals surface area contributed by atoms with E-state index >= 15 is 0 Å². The molecule has 1 aromatic carbocycles. The second-order valence-electron chi connectivity index (χ2n) is 7.42. The second kappa shape index (κ2) is 6.29. The van der Waals surface area contributed by atoms with Gasteiger partial charge in [-0.1, -0.05) is 41.9 Å². The Hall–Kier alpha value is -2.60. The molecule has 2 aliphatic carbocycles. The summed E-state index contributed by atoms with van der Waals surface area (Å²) in [6.45, 7) is 0.908. The fourth-order valence-corrected chi connectivity index (χ4v) is 3.86. The highest BCUT2D eigenvalue weighted by atomic mass is 16.5. The van der Waals surface area contributed by atoms with Gasteiger partial charge in [0, 0.05) is 36.3 Å². The topological polar surface area (TPSA) is 76.7 Å². The lowest BCUT2D eigenvalue weighted by atomic mass is 9.68. The van der Waals surface area contributed by atoms with Gasteiger partial charge < -0.3 is 9.84 Å². The minimum absolute atomic E-state index is 0.00121. The fourth-order valence-electron chi connectivity index (χ4n) is 3.86. The third-order valence-electron chi connectivity index (χ3n) is 5.74. The first-order valence-corrected chi connectivity index (χ1v) is 9.22. The molecule has 3 aromatic rings. The van der Waals surface area contributed by atoms with Crippen molar-refractivity contribution in [3.05, 3.63) is 60.4 Å². The summed E-state index contributed by atoms with van der Waals surface area (Å²) in [5, 5.41) is 8.03. The van der Waals surface area contributed by atoms with Gasteiger partial charge in [0.2, 0.25) is 0 Å². The summed E-state index contributed by atoms with van der Waals surface area (Å²) in [5.41, 5.74) is 2.19. The quantitative estimate of drug-likeness (QED) is 0.738. The molecule has 0 spiro atoms. The number of benzene rings is 1. The normalized spacial score (nSPS) is 23.4. The van der Waals surface area contributed by atoms with Gasteiger partial charge in [-0.2, -0.15) is 4.98 Å². The number of nitrogens with zero attached hydrogens (tertiary/aromatic N) is 4. The molecule has 0 radical (unpaired) electrons. The average molecular weight is 347 g/mol. The lowest BCUT2D eigenvalue weighted by molar-refractivity contribution is 0.211. The van der Waals surface area contributed by atoms with E-state index in [4.69, 9.17) is 4.52 Å². The van der Waals surface area contributed by atoms with E-state index in [0.717, 1.165) is 30.8 Å². The molecule has 1 unspecified atom stereocenters. The number of hydrogen-bond donors (Lipinski definition) is 1. The summed E-state index contributed by atoms with van der Waals surface area (Å²) in [4.78, 5) is 12.7. The molecule has 5 rings (SSSR count). The van der Waals surface area contributed by atoms with Crippen molar-refractivity contribution >= 4 is 0 Å². The molecule has 6 heteroatoms. The molecule has 26 heavy (non-hydrogen) atoms. The van der Waals surface area contributed by atoms with Gasteiger partial charge in [0.25, 0.3) is 5.89 Å². The number of nitrogens with one attached hydrogen (secondary N) is 1. The molecular formula is C20H21N5O. The Morgan fingerprint density at radius 2 is 1.92 bits per heavy atom. The third kappa shape index (κ3) is 2.80. The van der Waals surface area contributed by atoms with Crippen LogP contribution in [0.3, 0.4) is 0 Å². The first kappa shape index (κ1) is 15.6. The summed E-state index contributed by atoms with van der Waals surface area (Å²) in [5.74, 6) is 1.95. The largest absolute Gasteiger partial charge is 0.334 e. The van der Waals surface area contributed by atoms with E-state index in [1.807, 2.05) is 0 Å². The molecule has 0 saturated heterocycles. The van der Waals surface area contributed by atoms with E-state index in [9.17, 15) is 0 Å². The highest BCUT2D eigenvalue weighted by molar-refractivity contribution is 5.49. The van der Waals surface area contributed by atoms with Gasteiger partial charge in [-0.05, 0) is 24.8 Å². The smallest absolute Gasteiger partial charge is 0.261 e. The van der Waals surface area contributed by atoms with E-state index in [2.05, 4.69) is 55.8 Å². The Balaban J connectivity index is 1.27. The zero-order valence-electron chi connectivity index (χ0n) is 14.5. The first-order valence-electron chi connectivity index (χ1n) is 9.22. The highest BCUT2D eigenvalue weighted by Gasteiger charge is 2.46. The molecule has 0 bridgehead atoms. The van der Waals surface area contributed by atoms with Crippen LogP contribution in [0.1, 0.15) is 43.0 Å². The monoisotopic (exact) mass is 347 g/mol. The number of hydrogen-bond acceptors (Lipinski definition) is 6. The maximum atomic E-state index is 5.48. The molecule has 2 aromatic heterocycles. The van der Waals surface area contributed by atoms with Crippen LogP contribution in [0, 0.1) is 0 Å². The Morgan fingerprint density at radius 1 is 1.12 bits per heavy atom. The highest BCUT2D eigenvalue weighted by Crippen LogP contribution is 2.45. The molecule has 2 saturated carbocycles. The van der Waals surface area contributed by atoms with Crippen LogP contribution in [0.25, 0.3) is 11.5 Å². The molecule has 2 aliphatic rings. The third-order valence-corrected chi connectivity index (χ3v) is 5.74. The number of rotatable bonds is 6. The summed E-state index contributed by atoms with van der Waals surface area (Å²) in [6.07, 6.45) is 9.53. The van der Waals surface area contributed by atoms with Crippen LogP contribution in [0.5, 0.6) is 0 Å². The minimum atomic E-state index is 0.00121. The molecule has 2 heterocycles. The minimum Gasteiger partial charge on any atom is -0.334 e. The van der Waals surface area contributed by atoms with Gasteiger partial charge >= 0.3 is 0 Å². The zero-order chi connectivity index (χ0) is 17.4. The molecule has 0 aliphatic heterocycles. The summed E-state index contributed by atoms with van der Waals surface area (Å²) >= 11 is 0. The van der Waals surface area contributed by atoms with E-state index in [1.54, 1.807) is 12.4 Å². The van der Waals surface area contributed by atoms with Gasteiger partial charge in [0.1, 0.15) is 6.33 Å². The lowest BCUT2D eigenvalue weighted by Crippen LogP contribution is -2.45. The van der Waals surface area contributed by atoms with Crippen molar-refractivity contribution in [1.82, 2.24) is 25.4 Å². The molecule has 6 nitrogen and oxygen atoms in total. The molecular weight excluding hydrogens is 326 g/mol. The maximum absolute atomic E-state index is 5.48. The number of aromatic nitrogens is 4. The van der Waals surface area contributed by atoms with Gasteiger partial charge in [-0.15, -0.1) is 0 Å². The van der Waals surface area contributed by atoms with E-state index in [1.165, 1.54) is 24.7 Å². The van der Waals surface area contributed by atoms with Crippen molar-refractivity contribution in [2.75, 3.05) is 6.54 Å². The average Bonchev–Trinajstić information content (AvgIpc) is 3.28. The van der Waals surface area contributed by atoms with Crippen LogP contribution in [0.2, 0.25) is 0 Å². The molecule has 1 N–H and O–H groups in total. The van der Waals surface area contributed by atoms with Gasteiger partial charge in [-0.25, -0.2) is 9.97 Å². The molecule has 0 amide bonds. The Kier molecular flexibility index (Phi) is 3.78. The lowest BCUT2D eigenvalue weighted by Gasteiger charge is -2.39. The first-order chi connectivity index (χ1) is 12.8. The van der Waals surface area contributed by atoms with Crippen molar-refractivity contribution in [1.29, 1.82) is 0 Å². The van der Waals surface area contributed by atoms with Crippen molar-refractivity contribution in [3.8, 4) is 11.5 Å². The van der Waals surface area contributed by atoms with Crippen molar-refractivity contribution in [2.24, 2.45) is 0 Å². The predicted molar refractivity (Wildman–Crippen MR) is 96.4 cm³/mol. The van der Waals surface area contributed by atoms with Crippen LogP contribution in [0.15, 0.2) is 53.6 Å². The summed E-state index contributed by atoms with van der Waals surface area (Å²) in [7, 11) is 0. The second-order valence-corrected chi connectivity index (χ2v) is 7.42. The van der Waals surface area contributed by atoms with Crippen molar-refractivity contribution < 1.29 is 4.52 Å². The molecule has 2 atom stereocenters. The van der Waals surface area contributed by atoms with Gasteiger partial charge in [0.15, 0.2) is 5.82 Å². The van der Waals surface area contributed by atoms with Crippen LogP contribution in [-0.4, -0.2) is 32.7 Å². The summed E-state index contributed by atoms with van der Waals surface area (Å²) < 4.78 is 5.48. The van der Waals surface area contributed by atoms with E-state index in [0.29, 0.717) is 17.9 Å². The van der Waals surface area contributed by atoms with Crippen LogP contribution < -0.4 is 5.32 Å². The summed E-state index contributed by atoms with van der Waals surface area (Å²) in [6, 6.07) is 11.3. The Labute approximate surface area is 152 Å². The standard InChI is InChI=1S/C20H21N5O/c1-2-5-14(6-3-1)16-9-17(16)23-12-20(7-4-8-20)19-24-18(26-25-19)15-10-21-13-22-11-15/h1-3,5-6,10-11,13,16-17,23H,4,7-9,12H2/t16?,17-/m0/s1. The molecule has 132 valence electrons. The fraction of sp³-hybridized carbons (Fsp3) is 0.400. The van der Waals surface area contributed by atoms with Crippen molar-refractivity contribution in [3.63, 3.8) is 0 Å². The van der Waals surface area contributed by atoms with Crippen LogP contribution in [-0.2, 0) is 5.41 Å². The molecule has 2 fully saturated rings. The van der Waals surface area contributed by atoms with Crippen LogP contribution in [0.4, 0.5) is 0 Å². The van der Waals surface area contributed by atoms with E-state index in [-0.39, 0.29) is 5.41 Å². The predicted octanol–water partition coefficient (Wildman–Crippen LogP) is 3.09. The Bertz CT molecular complexity index is 875. The zero-order valence-corrected chi connectivity index (χ0v) is 14.5. The van der Waals surface area contributed by atoms with Gasteiger partial charge in [0.05, 0.1) is 5.56 Å². The van der Waals surface area contributed by atoms with E-state index < -0.39 is 0 Å².